The lowest BCUT2D eigenvalue weighted by molar-refractivity contribution is -0.114. The lowest BCUT2D eigenvalue weighted by atomic mass is 10.2. The number of hydrogen-bond donors (Lipinski definition) is 2. The van der Waals surface area contributed by atoms with E-state index >= 15 is 0 Å². The van der Waals surface area contributed by atoms with Crippen LogP contribution in [-0.2, 0) is 4.79 Å². The molecule has 0 fully saturated rings. The van der Waals surface area contributed by atoms with E-state index < -0.39 is 0 Å². The zero-order valence-electron chi connectivity index (χ0n) is 13.8. The van der Waals surface area contributed by atoms with Gasteiger partial charge in [0.25, 0.3) is 0 Å². The van der Waals surface area contributed by atoms with Gasteiger partial charge in [0.05, 0.1) is 19.8 Å². The molecule has 2 N–H and O–H groups in total. The minimum Gasteiger partial charge on any atom is -0.490 e. The number of anilines is 2. The van der Waals surface area contributed by atoms with Gasteiger partial charge >= 0.3 is 0 Å². The third-order valence-electron chi connectivity index (χ3n) is 3.10. The van der Waals surface area contributed by atoms with Crippen LogP contribution in [-0.4, -0.2) is 25.7 Å². The molecule has 1 amide bonds. The van der Waals surface area contributed by atoms with Crippen molar-refractivity contribution in [3.05, 3.63) is 46.9 Å². The van der Waals surface area contributed by atoms with Crippen molar-refractivity contribution in [1.29, 1.82) is 0 Å². The topological polar surface area (TPSA) is 59.6 Å². The first kappa shape index (κ1) is 18.1. The van der Waals surface area contributed by atoms with E-state index in [-0.39, 0.29) is 12.5 Å². The Labute approximate surface area is 150 Å². The minimum atomic E-state index is -0.137. The Hall–Kier alpha value is -2.21. The summed E-state index contributed by atoms with van der Waals surface area (Å²) in [5.74, 6) is 1.16. The number of nitrogens with one attached hydrogen (secondary N) is 2. The van der Waals surface area contributed by atoms with Crippen LogP contribution in [0.25, 0.3) is 0 Å². The smallest absolute Gasteiger partial charge is 0.243 e. The van der Waals surface area contributed by atoms with Crippen molar-refractivity contribution in [2.75, 3.05) is 30.4 Å². The number of halogens is 1. The van der Waals surface area contributed by atoms with Gasteiger partial charge in [-0.1, -0.05) is 22.0 Å². The lowest BCUT2D eigenvalue weighted by Crippen LogP contribution is -2.21. The summed E-state index contributed by atoms with van der Waals surface area (Å²) in [6, 6.07) is 13.0. The molecule has 0 aliphatic carbocycles. The zero-order chi connectivity index (χ0) is 17.4. The molecule has 24 heavy (non-hydrogen) atoms. The van der Waals surface area contributed by atoms with Gasteiger partial charge in [-0.25, -0.2) is 0 Å². The van der Waals surface area contributed by atoms with Gasteiger partial charge in [-0.3, -0.25) is 4.79 Å². The molecule has 0 heterocycles. The van der Waals surface area contributed by atoms with Crippen LogP contribution in [0.1, 0.15) is 13.8 Å². The van der Waals surface area contributed by atoms with Crippen LogP contribution in [0.2, 0.25) is 0 Å². The maximum atomic E-state index is 12.1. The molecule has 5 nitrogen and oxygen atoms in total. The third kappa shape index (κ3) is 5.45. The van der Waals surface area contributed by atoms with Crippen LogP contribution in [0.15, 0.2) is 46.9 Å². The molecular weight excluding hydrogens is 372 g/mol. The van der Waals surface area contributed by atoms with Crippen LogP contribution >= 0.6 is 15.9 Å². The van der Waals surface area contributed by atoms with Crippen LogP contribution in [0.4, 0.5) is 11.4 Å². The molecule has 0 saturated carbocycles. The summed E-state index contributed by atoms with van der Waals surface area (Å²) in [6.45, 7) is 5.08. The van der Waals surface area contributed by atoms with Crippen LogP contribution < -0.4 is 20.1 Å². The van der Waals surface area contributed by atoms with E-state index in [2.05, 4.69) is 26.6 Å². The SMILES string of the molecule is CCOc1ccc(NC(=O)CNc2cccc(Br)c2)cc1OCC. The molecular formula is C18H21BrN2O3. The van der Waals surface area contributed by atoms with Gasteiger partial charge in [-0.05, 0) is 44.2 Å². The Morgan fingerprint density at radius 3 is 2.46 bits per heavy atom. The third-order valence-corrected chi connectivity index (χ3v) is 3.60. The summed E-state index contributed by atoms with van der Waals surface area (Å²) in [4.78, 5) is 12.1. The van der Waals surface area contributed by atoms with Crippen molar-refractivity contribution in [3.63, 3.8) is 0 Å². The van der Waals surface area contributed by atoms with Gasteiger partial charge in [0.1, 0.15) is 0 Å². The molecule has 2 aromatic rings. The Morgan fingerprint density at radius 1 is 1.00 bits per heavy atom. The van der Waals surface area contributed by atoms with Crippen LogP contribution in [0.5, 0.6) is 11.5 Å². The highest BCUT2D eigenvalue weighted by Crippen LogP contribution is 2.30. The molecule has 128 valence electrons. The van der Waals surface area contributed by atoms with Gasteiger partial charge in [0, 0.05) is 21.9 Å². The summed E-state index contributed by atoms with van der Waals surface area (Å²) in [7, 11) is 0. The van der Waals surface area contributed by atoms with Gasteiger partial charge in [0.2, 0.25) is 5.91 Å². The average molecular weight is 393 g/mol. The molecule has 0 spiro atoms. The van der Waals surface area contributed by atoms with E-state index in [0.717, 1.165) is 10.2 Å². The predicted octanol–water partition coefficient (Wildman–Crippen LogP) is 4.30. The summed E-state index contributed by atoms with van der Waals surface area (Å²) < 4.78 is 12.0. The minimum absolute atomic E-state index is 0.137. The molecule has 0 bridgehead atoms. The summed E-state index contributed by atoms with van der Waals surface area (Å²) >= 11 is 3.40. The number of carbonyl (C=O) groups is 1. The lowest BCUT2D eigenvalue weighted by Gasteiger charge is -2.13. The Morgan fingerprint density at radius 2 is 1.75 bits per heavy atom. The average Bonchev–Trinajstić information content (AvgIpc) is 2.56. The molecule has 0 aliphatic rings. The van der Waals surface area contributed by atoms with Gasteiger partial charge in [-0.2, -0.15) is 0 Å². The van der Waals surface area contributed by atoms with Crippen molar-refractivity contribution in [2.24, 2.45) is 0 Å². The molecule has 0 atom stereocenters. The number of benzene rings is 2. The largest absolute Gasteiger partial charge is 0.490 e. The van der Waals surface area contributed by atoms with Crippen molar-refractivity contribution in [3.8, 4) is 11.5 Å². The second kappa shape index (κ2) is 9.17. The summed E-state index contributed by atoms with van der Waals surface area (Å²) in [6.07, 6.45) is 0. The second-order valence-electron chi connectivity index (χ2n) is 4.94. The van der Waals surface area contributed by atoms with Gasteiger partial charge in [-0.15, -0.1) is 0 Å². The van der Waals surface area contributed by atoms with Gasteiger partial charge < -0.3 is 20.1 Å². The first-order chi connectivity index (χ1) is 11.6. The highest BCUT2D eigenvalue weighted by Gasteiger charge is 2.08. The molecule has 2 aromatic carbocycles. The van der Waals surface area contributed by atoms with Crippen molar-refractivity contribution >= 4 is 33.2 Å². The molecule has 2 rings (SSSR count). The maximum absolute atomic E-state index is 12.1. The molecule has 0 radical (unpaired) electrons. The zero-order valence-corrected chi connectivity index (χ0v) is 15.4. The van der Waals surface area contributed by atoms with Crippen molar-refractivity contribution in [2.45, 2.75) is 13.8 Å². The normalized spacial score (nSPS) is 10.1. The number of ether oxygens (including phenoxy) is 2. The van der Waals surface area contributed by atoms with Gasteiger partial charge in [0.15, 0.2) is 11.5 Å². The first-order valence-electron chi connectivity index (χ1n) is 7.81. The van der Waals surface area contributed by atoms with E-state index in [1.165, 1.54) is 0 Å². The number of hydrogen-bond acceptors (Lipinski definition) is 4. The molecule has 0 saturated heterocycles. The molecule has 6 heteroatoms. The van der Waals surface area contributed by atoms with E-state index in [0.29, 0.717) is 30.4 Å². The highest BCUT2D eigenvalue weighted by molar-refractivity contribution is 9.10. The van der Waals surface area contributed by atoms with E-state index in [1.807, 2.05) is 38.1 Å². The van der Waals surface area contributed by atoms with Crippen molar-refractivity contribution < 1.29 is 14.3 Å². The predicted molar refractivity (Wildman–Crippen MR) is 100 cm³/mol. The summed E-state index contributed by atoms with van der Waals surface area (Å²) in [5.41, 5.74) is 1.55. The molecule has 0 aromatic heterocycles. The second-order valence-corrected chi connectivity index (χ2v) is 5.86. The maximum Gasteiger partial charge on any atom is 0.243 e. The van der Waals surface area contributed by atoms with Crippen LogP contribution in [0.3, 0.4) is 0 Å². The van der Waals surface area contributed by atoms with E-state index in [1.54, 1.807) is 18.2 Å². The first-order valence-corrected chi connectivity index (χ1v) is 8.60. The molecule has 0 unspecified atom stereocenters. The highest BCUT2D eigenvalue weighted by atomic mass is 79.9. The number of carbonyl (C=O) groups excluding carboxylic acids is 1. The quantitative estimate of drug-likeness (QED) is 0.702. The fourth-order valence-electron chi connectivity index (χ4n) is 2.11. The fraction of sp³-hybridized carbons (Fsp3) is 0.278. The Kier molecular flexibility index (Phi) is 6.93. The van der Waals surface area contributed by atoms with E-state index in [4.69, 9.17) is 9.47 Å². The van der Waals surface area contributed by atoms with E-state index in [9.17, 15) is 4.79 Å². The monoisotopic (exact) mass is 392 g/mol. The van der Waals surface area contributed by atoms with Crippen molar-refractivity contribution in [1.82, 2.24) is 0 Å². The number of rotatable bonds is 8. The summed E-state index contributed by atoms with van der Waals surface area (Å²) in [5, 5.41) is 5.93. The van der Waals surface area contributed by atoms with Crippen LogP contribution in [0, 0.1) is 0 Å². The Bertz CT molecular complexity index is 692. The fourth-order valence-corrected chi connectivity index (χ4v) is 2.51. The number of amides is 1. The standard InChI is InChI=1S/C18H21BrN2O3/c1-3-23-16-9-8-15(11-17(16)24-4-2)21-18(22)12-20-14-7-5-6-13(19)10-14/h5-11,20H,3-4,12H2,1-2H3,(H,21,22). The molecule has 0 aliphatic heterocycles. The Balaban J connectivity index is 1.96.